The Morgan fingerprint density at radius 2 is 2.42 bits per heavy atom. The van der Waals surface area contributed by atoms with Crippen molar-refractivity contribution in [2.45, 2.75) is 19.4 Å². The number of carboxylic acid groups (broad SMARTS) is 1. The lowest BCUT2D eigenvalue weighted by atomic mass is 10.0. The van der Waals surface area contributed by atoms with E-state index in [0.29, 0.717) is 6.41 Å². The summed E-state index contributed by atoms with van der Waals surface area (Å²) in [5.41, 5.74) is 0. The van der Waals surface area contributed by atoms with Gasteiger partial charge in [-0.1, -0.05) is 0 Å². The van der Waals surface area contributed by atoms with Crippen molar-refractivity contribution in [2.75, 3.05) is 0 Å². The van der Waals surface area contributed by atoms with E-state index in [1.165, 1.54) is 0 Å². The zero-order chi connectivity index (χ0) is 9.56. The average molecular weight is 170 g/mol. The van der Waals surface area contributed by atoms with Crippen LogP contribution in [0.4, 0.5) is 0 Å². The van der Waals surface area contributed by atoms with E-state index in [4.69, 9.17) is 10.4 Å². The van der Waals surface area contributed by atoms with E-state index < -0.39 is 12.0 Å². The Morgan fingerprint density at radius 3 is 2.75 bits per heavy atom. The molecule has 0 fully saturated rings. The summed E-state index contributed by atoms with van der Waals surface area (Å²) >= 11 is 0. The molecule has 0 rings (SSSR count). The van der Waals surface area contributed by atoms with Gasteiger partial charge in [-0.15, -0.1) is 0 Å². The molecule has 0 saturated heterocycles. The lowest BCUT2D eigenvalue weighted by Gasteiger charge is -2.11. The smallest absolute Gasteiger partial charge is 0.326 e. The molecule has 66 valence electrons. The van der Waals surface area contributed by atoms with Crippen LogP contribution in [0.15, 0.2) is 0 Å². The second-order valence-corrected chi connectivity index (χ2v) is 2.44. The fraction of sp³-hybridized carbons (Fsp3) is 0.571. The third-order valence-electron chi connectivity index (χ3n) is 1.38. The highest BCUT2D eigenvalue weighted by Gasteiger charge is 2.18. The number of hydrogen-bond donors (Lipinski definition) is 2. The van der Waals surface area contributed by atoms with Crippen molar-refractivity contribution in [3.8, 4) is 6.07 Å². The van der Waals surface area contributed by atoms with E-state index in [1.54, 1.807) is 6.92 Å². The second kappa shape index (κ2) is 5.13. The van der Waals surface area contributed by atoms with Crippen LogP contribution in [0.5, 0.6) is 0 Å². The number of nitriles is 1. The first-order chi connectivity index (χ1) is 5.61. The van der Waals surface area contributed by atoms with Crippen LogP contribution >= 0.6 is 0 Å². The Labute approximate surface area is 70.0 Å². The summed E-state index contributed by atoms with van der Waals surface area (Å²) in [6.45, 7) is 1.60. The van der Waals surface area contributed by atoms with Crippen LogP contribution < -0.4 is 5.32 Å². The first-order valence-corrected chi connectivity index (χ1v) is 3.44. The van der Waals surface area contributed by atoms with Crippen LogP contribution in [0, 0.1) is 17.2 Å². The molecule has 0 spiro atoms. The largest absolute Gasteiger partial charge is 0.480 e. The summed E-state index contributed by atoms with van der Waals surface area (Å²) in [7, 11) is 0. The highest BCUT2D eigenvalue weighted by atomic mass is 16.4. The molecule has 2 atom stereocenters. The molecule has 0 aromatic carbocycles. The molecule has 12 heavy (non-hydrogen) atoms. The number of carbonyl (C=O) groups is 2. The fourth-order valence-electron chi connectivity index (χ4n) is 0.729. The van der Waals surface area contributed by atoms with Crippen LogP contribution in [0.1, 0.15) is 13.3 Å². The maximum absolute atomic E-state index is 10.4. The molecule has 1 amide bonds. The normalized spacial score (nSPS) is 14.0. The number of aliphatic carboxylic acids is 1. The van der Waals surface area contributed by atoms with Crippen molar-refractivity contribution in [3.63, 3.8) is 0 Å². The summed E-state index contributed by atoms with van der Waals surface area (Å²) in [6, 6.07) is 0.928. The standard InChI is InChI=1S/C7H10N2O3/c1-5(3-8)2-6(7(11)12)9-4-10/h4-6H,2H2,1H3,(H,9,10)(H,11,12). The predicted octanol–water partition coefficient (Wildman–Crippen LogP) is -0.265. The Balaban J connectivity index is 4.05. The van der Waals surface area contributed by atoms with Crippen molar-refractivity contribution in [1.29, 1.82) is 5.26 Å². The summed E-state index contributed by atoms with van der Waals surface area (Å²) in [5, 5.41) is 19.0. The Kier molecular flexibility index (Phi) is 4.46. The summed E-state index contributed by atoms with van der Waals surface area (Å²) in [5.74, 6) is -1.50. The third-order valence-corrected chi connectivity index (χ3v) is 1.38. The number of carbonyl (C=O) groups excluding carboxylic acids is 1. The quantitative estimate of drug-likeness (QED) is 0.556. The number of hydrogen-bond acceptors (Lipinski definition) is 3. The molecule has 0 aliphatic heterocycles. The van der Waals surface area contributed by atoms with Gasteiger partial charge in [-0.3, -0.25) is 4.79 Å². The highest BCUT2D eigenvalue weighted by Crippen LogP contribution is 2.03. The Hall–Kier alpha value is -1.57. The van der Waals surface area contributed by atoms with Gasteiger partial charge in [0, 0.05) is 5.92 Å². The van der Waals surface area contributed by atoms with Gasteiger partial charge in [0.05, 0.1) is 6.07 Å². The van der Waals surface area contributed by atoms with Crippen molar-refractivity contribution in [1.82, 2.24) is 5.32 Å². The molecule has 5 nitrogen and oxygen atoms in total. The van der Waals surface area contributed by atoms with Gasteiger partial charge >= 0.3 is 5.97 Å². The van der Waals surface area contributed by atoms with Gasteiger partial charge in [-0.05, 0) is 13.3 Å². The number of carboxylic acids is 1. The molecule has 5 heteroatoms. The molecule has 0 saturated carbocycles. The third kappa shape index (κ3) is 3.56. The topological polar surface area (TPSA) is 90.2 Å². The van der Waals surface area contributed by atoms with Crippen molar-refractivity contribution in [2.24, 2.45) is 5.92 Å². The zero-order valence-electron chi connectivity index (χ0n) is 6.65. The van der Waals surface area contributed by atoms with Gasteiger partial charge in [-0.25, -0.2) is 4.79 Å². The fourth-order valence-corrected chi connectivity index (χ4v) is 0.729. The molecular formula is C7H10N2O3. The molecule has 0 heterocycles. The second-order valence-electron chi connectivity index (χ2n) is 2.44. The molecule has 0 aliphatic carbocycles. The van der Waals surface area contributed by atoms with Gasteiger partial charge in [0.1, 0.15) is 6.04 Å². The molecule has 0 bridgehead atoms. The SMILES string of the molecule is CC(C#N)CC(NC=O)C(=O)O. The molecule has 0 radical (unpaired) electrons. The summed E-state index contributed by atoms with van der Waals surface area (Å²) < 4.78 is 0. The number of rotatable bonds is 5. The summed E-state index contributed by atoms with van der Waals surface area (Å²) in [4.78, 5) is 20.3. The first kappa shape index (κ1) is 10.4. The molecule has 2 N–H and O–H groups in total. The van der Waals surface area contributed by atoms with E-state index in [2.05, 4.69) is 5.32 Å². The predicted molar refractivity (Wildman–Crippen MR) is 40.0 cm³/mol. The van der Waals surface area contributed by atoms with Crippen LogP contribution in [-0.2, 0) is 9.59 Å². The molecule has 0 aromatic heterocycles. The van der Waals surface area contributed by atoms with Crippen LogP contribution in [0.3, 0.4) is 0 Å². The lowest BCUT2D eigenvalue weighted by molar-refractivity contribution is -0.140. The molecule has 0 aromatic rings. The number of amides is 1. The molecular weight excluding hydrogens is 160 g/mol. The van der Waals surface area contributed by atoms with Crippen molar-refractivity contribution >= 4 is 12.4 Å². The van der Waals surface area contributed by atoms with Crippen LogP contribution in [0.2, 0.25) is 0 Å². The minimum absolute atomic E-state index is 0.130. The van der Waals surface area contributed by atoms with Gasteiger partial charge in [0.25, 0.3) is 0 Å². The van der Waals surface area contributed by atoms with Crippen molar-refractivity contribution < 1.29 is 14.7 Å². The lowest BCUT2D eigenvalue weighted by Crippen LogP contribution is -2.36. The van der Waals surface area contributed by atoms with E-state index in [9.17, 15) is 9.59 Å². The van der Waals surface area contributed by atoms with Crippen LogP contribution in [0.25, 0.3) is 0 Å². The van der Waals surface area contributed by atoms with Gasteiger partial charge < -0.3 is 10.4 Å². The average Bonchev–Trinajstić information content (AvgIpc) is 2.03. The number of nitrogens with zero attached hydrogens (tertiary/aromatic N) is 1. The van der Waals surface area contributed by atoms with Crippen molar-refractivity contribution in [3.05, 3.63) is 0 Å². The molecule has 2 unspecified atom stereocenters. The monoisotopic (exact) mass is 170 g/mol. The van der Waals surface area contributed by atoms with E-state index in [-0.39, 0.29) is 12.3 Å². The zero-order valence-corrected chi connectivity index (χ0v) is 6.65. The minimum Gasteiger partial charge on any atom is -0.480 e. The first-order valence-electron chi connectivity index (χ1n) is 3.44. The Morgan fingerprint density at radius 1 is 1.83 bits per heavy atom. The van der Waals surface area contributed by atoms with Gasteiger partial charge in [0.2, 0.25) is 6.41 Å². The highest BCUT2D eigenvalue weighted by molar-refractivity contribution is 5.76. The Bertz CT molecular complexity index is 209. The summed E-state index contributed by atoms with van der Waals surface area (Å²) in [6.07, 6.45) is 0.452. The maximum Gasteiger partial charge on any atom is 0.326 e. The van der Waals surface area contributed by atoms with E-state index in [1.807, 2.05) is 6.07 Å². The van der Waals surface area contributed by atoms with E-state index >= 15 is 0 Å². The number of nitrogens with one attached hydrogen (secondary N) is 1. The minimum atomic E-state index is -1.12. The molecule has 0 aliphatic rings. The van der Waals surface area contributed by atoms with Gasteiger partial charge in [-0.2, -0.15) is 5.26 Å². The van der Waals surface area contributed by atoms with E-state index in [0.717, 1.165) is 0 Å². The maximum atomic E-state index is 10.4. The van der Waals surface area contributed by atoms with Crippen LogP contribution in [-0.4, -0.2) is 23.5 Å². The van der Waals surface area contributed by atoms with Gasteiger partial charge in [0.15, 0.2) is 0 Å².